The predicted molar refractivity (Wildman–Crippen MR) is 155 cm³/mol. The van der Waals surface area contributed by atoms with Crippen LogP contribution in [0.4, 0.5) is 5.69 Å². The Bertz CT molecular complexity index is 1600. The molecule has 0 saturated carbocycles. The Morgan fingerprint density at radius 1 is 0.892 bits per heavy atom. The van der Waals surface area contributed by atoms with Gasteiger partial charge < -0.3 is 5.11 Å². The monoisotopic (exact) mass is 508 g/mol. The van der Waals surface area contributed by atoms with Crippen molar-refractivity contribution >= 4 is 33.5 Å². The summed E-state index contributed by atoms with van der Waals surface area (Å²) in [5.74, 6) is 0.283. The highest BCUT2D eigenvalue weighted by Crippen LogP contribution is 2.40. The maximum atomic E-state index is 11.2. The number of aromatic hydroxyl groups is 1. The summed E-state index contributed by atoms with van der Waals surface area (Å²) in [5, 5.41) is 19.2. The van der Waals surface area contributed by atoms with Crippen LogP contribution >= 0.6 is 11.3 Å². The first-order chi connectivity index (χ1) is 17.5. The maximum absolute atomic E-state index is 11.2. The van der Waals surface area contributed by atoms with Crippen molar-refractivity contribution in [2.24, 2.45) is 4.99 Å². The van der Waals surface area contributed by atoms with Crippen molar-refractivity contribution in [3.8, 4) is 27.6 Å². The van der Waals surface area contributed by atoms with Gasteiger partial charge in [0.2, 0.25) is 0 Å². The van der Waals surface area contributed by atoms with E-state index in [0.717, 1.165) is 48.9 Å². The van der Waals surface area contributed by atoms with E-state index >= 15 is 0 Å². The molecule has 0 aliphatic rings. The van der Waals surface area contributed by atoms with Gasteiger partial charge in [-0.2, -0.15) is 5.10 Å². The number of para-hydroxylation sites is 2. The van der Waals surface area contributed by atoms with E-state index in [0.29, 0.717) is 0 Å². The molecule has 0 aliphatic heterocycles. The van der Waals surface area contributed by atoms with E-state index in [1.54, 1.807) is 23.7 Å². The molecular weight excluding hydrogens is 476 g/mol. The molecule has 0 amide bonds. The van der Waals surface area contributed by atoms with E-state index in [-0.39, 0.29) is 16.6 Å². The molecule has 3 aromatic carbocycles. The number of thiazole rings is 1. The molecule has 0 fully saturated rings. The van der Waals surface area contributed by atoms with E-state index in [9.17, 15) is 5.11 Å². The van der Waals surface area contributed by atoms with Crippen molar-refractivity contribution in [1.82, 2.24) is 15.2 Å². The van der Waals surface area contributed by atoms with Crippen LogP contribution in [-0.2, 0) is 10.8 Å². The van der Waals surface area contributed by atoms with Gasteiger partial charge in [0.1, 0.15) is 10.8 Å². The van der Waals surface area contributed by atoms with Gasteiger partial charge in [-0.05, 0) is 46.7 Å². The number of aromatic amines is 1. The number of hydrogen-bond donors (Lipinski definition) is 2. The third-order valence-electron chi connectivity index (χ3n) is 6.50. The van der Waals surface area contributed by atoms with Gasteiger partial charge >= 0.3 is 0 Å². The SMILES string of the molecule is CC(C)(C)c1cc(C=Nc2ccccc2-c2nc3c(-c4ccn[nH]4)cccc3s2)c(O)c(C(C)(C)C)c1. The number of aromatic nitrogens is 3. The topological polar surface area (TPSA) is 74.2 Å². The molecule has 0 saturated heterocycles. The van der Waals surface area contributed by atoms with Gasteiger partial charge in [0.05, 0.1) is 21.6 Å². The quantitative estimate of drug-likeness (QED) is 0.239. The zero-order valence-electron chi connectivity index (χ0n) is 22.1. The molecule has 6 heteroatoms. The zero-order valence-corrected chi connectivity index (χ0v) is 22.9. The van der Waals surface area contributed by atoms with Crippen LogP contribution in [0.2, 0.25) is 0 Å². The van der Waals surface area contributed by atoms with E-state index in [1.165, 1.54) is 5.56 Å². The number of hydrogen-bond acceptors (Lipinski definition) is 5. The minimum absolute atomic E-state index is 0.0540. The van der Waals surface area contributed by atoms with Crippen LogP contribution in [0.3, 0.4) is 0 Å². The molecule has 2 N–H and O–H groups in total. The molecule has 0 spiro atoms. The second-order valence-corrected chi connectivity index (χ2v) is 12.4. The summed E-state index contributed by atoms with van der Waals surface area (Å²) < 4.78 is 1.10. The summed E-state index contributed by atoms with van der Waals surface area (Å²) >= 11 is 1.64. The van der Waals surface area contributed by atoms with Crippen molar-refractivity contribution in [1.29, 1.82) is 0 Å². The lowest BCUT2D eigenvalue weighted by Gasteiger charge is -2.27. The first-order valence-electron chi connectivity index (χ1n) is 12.4. The summed E-state index contributed by atoms with van der Waals surface area (Å²) in [5.41, 5.74) is 7.24. The number of benzene rings is 3. The summed E-state index contributed by atoms with van der Waals surface area (Å²) in [6.07, 6.45) is 3.53. The molecular formula is C31H32N4OS. The number of fused-ring (bicyclic) bond motifs is 1. The molecule has 37 heavy (non-hydrogen) atoms. The Hall–Kier alpha value is -3.77. The highest BCUT2D eigenvalue weighted by Gasteiger charge is 2.24. The third kappa shape index (κ3) is 4.94. The number of nitrogens with zero attached hydrogens (tertiary/aromatic N) is 3. The minimum atomic E-state index is -0.195. The van der Waals surface area contributed by atoms with Crippen molar-refractivity contribution in [2.45, 2.75) is 52.4 Å². The highest BCUT2D eigenvalue weighted by molar-refractivity contribution is 7.21. The highest BCUT2D eigenvalue weighted by atomic mass is 32.1. The van der Waals surface area contributed by atoms with Crippen LogP contribution in [0.5, 0.6) is 5.75 Å². The molecule has 0 atom stereocenters. The second kappa shape index (κ2) is 9.27. The average molecular weight is 509 g/mol. The van der Waals surface area contributed by atoms with E-state index in [1.807, 2.05) is 42.5 Å². The summed E-state index contributed by atoms with van der Waals surface area (Å²) in [4.78, 5) is 9.88. The lowest BCUT2D eigenvalue weighted by Crippen LogP contribution is -2.17. The fourth-order valence-corrected chi connectivity index (χ4v) is 5.38. The largest absolute Gasteiger partial charge is 0.507 e. The van der Waals surface area contributed by atoms with Crippen LogP contribution in [0.1, 0.15) is 58.2 Å². The Kier molecular flexibility index (Phi) is 6.24. The van der Waals surface area contributed by atoms with Gasteiger partial charge in [0.25, 0.3) is 0 Å². The molecule has 2 aromatic heterocycles. The van der Waals surface area contributed by atoms with Crippen molar-refractivity contribution in [2.75, 3.05) is 0 Å². The molecule has 0 unspecified atom stereocenters. The standard InChI is InChI=1S/C31H32N4OS/c1-30(2,3)20-16-19(28(36)23(17-20)31(4,5)6)18-32-24-12-8-7-10-22(24)29-34-27-21(25-14-15-33-35-25)11-9-13-26(27)37-29/h7-18,36H,1-6H3,(H,33,35). The first-order valence-corrected chi connectivity index (χ1v) is 13.2. The van der Waals surface area contributed by atoms with Crippen LogP contribution in [-0.4, -0.2) is 26.5 Å². The fourth-order valence-electron chi connectivity index (χ4n) is 4.35. The lowest BCUT2D eigenvalue weighted by molar-refractivity contribution is 0.444. The number of phenols is 1. The van der Waals surface area contributed by atoms with Crippen LogP contribution in [0.25, 0.3) is 32.0 Å². The Morgan fingerprint density at radius 2 is 1.65 bits per heavy atom. The number of aliphatic imine (C=N–C) groups is 1. The van der Waals surface area contributed by atoms with E-state index in [4.69, 9.17) is 9.98 Å². The molecule has 0 radical (unpaired) electrons. The van der Waals surface area contributed by atoms with Crippen LogP contribution < -0.4 is 0 Å². The van der Waals surface area contributed by atoms with Gasteiger partial charge in [0, 0.05) is 34.7 Å². The molecule has 5 rings (SSSR count). The molecule has 188 valence electrons. The molecule has 5 nitrogen and oxygen atoms in total. The van der Waals surface area contributed by atoms with Gasteiger partial charge in [-0.3, -0.25) is 10.1 Å². The van der Waals surface area contributed by atoms with E-state index in [2.05, 4.69) is 69.9 Å². The third-order valence-corrected chi connectivity index (χ3v) is 7.55. The van der Waals surface area contributed by atoms with Crippen molar-refractivity contribution in [3.63, 3.8) is 0 Å². The molecule has 5 aromatic rings. The van der Waals surface area contributed by atoms with Gasteiger partial charge in [-0.1, -0.05) is 71.9 Å². The second-order valence-electron chi connectivity index (χ2n) is 11.4. The number of rotatable bonds is 4. The van der Waals surface area contributed by atoms with Crippen molar-refractivity contribution in [3.05, 3.63) is 83.6 Å². The Labute approximate surface area is 222 Å². The van der Waals surface area contributed by atoms with Gasteiger partial charge in [0.15, 0.2) is 0 Å². The van der Waals surface area contributed by atoms with E-state index < -0.39 is 0 Å². The normalized spacial score (nSPS) is 12.6. The van der Waals surface area contributed by atoms with Crippen LogP contribution in [0, 0.1) is 0 Å². The molecule has 0 bridgehead atoms. The first kappa shape index (κ1) is 24.9. The summed E-state index contributed by atoms with van der Waals surface area (Å²) in [6, 6.07) is 20.3. The average Bonchev–Trinajstić information content (AvgIpc) is 3.52. The van der Waals surface area contributed by atoms with Gasteiger partial charge in [-0.15, -0.1) is 11.3 Å². The lowest BCUT2D eigenvalue weighted by atomic mass is 9.79. The Morgan fingerprint density at radius 3 is 2.35 bits per heavy atom. The van der Waals surface area contributed by atoms with Crippen LogP contribution in [0.15, 0.2) is 71.9 Å². The predicted octanol–water partition coefficient (Wildman–Crippen LogP) is 8.40. The fraction of sp³-hybridized carbons (Fsp3) is 0.258. The minimum Gasteiger partial charge on any atom is -0.507 e. The summed E-state index contributed by atoms with van der Waals surface area (Å²) in [6.45, 7) is 12.9. The number of nitrogens with one attached hydrogen (secondary N) is 1. The van der Waals surface area contributed by atoms with Crippen molar-refractivity contribution < 1.29 is 5.11 Å². The maximum Gasteiger partial charge on any atom is 0.128 e. The Balaban J connectivity index is 1.59. The number of phenolic OH excluding ortho intramolecular Hbond substituents is 1. The van der Waals surface area contributed by atoms with Gasteiger partial charge in [-0.25, -0.2) is 4.98 Å². The molecule has 2 heterocycles. The number of H-pyrrole nitrogens is 1. The smallest absolute Gasteiger partial charge is 0.128 e. The summed E-state index contributed by atoms with van der Waals surface area (Å²) in [7, 11) is 0. The zero-order chi connectivity index (χ0) is 26.4. The molecule has 0 aliphatic carbocycles.